The minimum absolute atomic E-state index is 0.186. The van der Waals surface area contributed by atoms with Crippen molar-refractivity contribution in [2.45, 2.75) is 6.92 Å². The van der Waals surface area contributed by atoms with Crippen molar-refractivity contribution >= 4 is 44.2 Å². The van der Waals surface area contributed by atoms with Gasteiger partial charge in [0.25, 0.3) is 5.91 Å². The number of hydrogen-bond acceptors (Lipinski definition) is 9. The molecule has 2 heterocycles. The molecular formula is C28H24ClN3O6S. The van der Waals surface area contributed by atoms with Gasteiger partial charge >= 0.3 is 0 Å². The van der Waals surface area contributed by atoms with Crippen molar-refractivity contribution in [2.24, 2.45) is 0 Å². The van der Waals surface area contributed by atoms with Crippen LogP contribution in [0.25, 0.3) is 32.8 Å². The summed E-state index contributed by atoms with van der Waals surface area (Å²) in [5.41, 5.74) is 3.65. The van der Waals surface area contributed by atoms with Gasteiger partial charge in [0.2, 0.25) is 5.75 Å². The molecule has 5 rings (SSSR count). The van der Waals surface area contributed by atoms with Crippen LogP contribution in [0.3, 0.4) is 0 Å². The van der Waals surface area contributed by atoms with E-state index >= 15 is 0 Å². The molecule has 0 saturated carbocycles. The highest BCUT2D eigenvalue weighted by atomic mass is 35.5. The molecule has 1 amide bonds. The summed E-state index contributed by atoms with van der Waals surface area (Å²) in [6.45, 7) is 1.71. The highest BCUT2D eigenvalue weighted by molar-refractivity contribution is 7.22. The maximum Gasteiger partial charge on any atom is 0.264 e. The number of halogens is 1. The zero-order valence-electron chi connectivity index (χ0n) is 21.5. The fraction of sp³-hybridized carbons (Fsp3) is 0.179. The van der Waals surface area contributed by atoms with Gasteiger partial charge in [-0.15, -0.1) is 0 Å². The molecule has 0 spiro atoms. The Bertz CT molecular complexity index is 1640. The number of ether oxygens (including phenoxy) is 4. The number of aryl methyl sites for hydroxylation is 1. The number of amides is 1. The van der Waals surface area contributed by atoms with Gasteiger partial charge in [0.1, 0.15) is 11.4 Å². The molecule has 0 bridgehead atoms. The third-order valence-electron chi connectivity index (χ3n) is 5.90. The number of rotatable bonds is 9. The van der Waals surface area contributed by atoms with E-state index in [2.05, 4.69) is 15.5 Å². The Kier molecular flexibility index (Phi) is 7.58. The second kappa shape index (κ2) is 11.2. The molecule has 0 fully saturated rings. The molecule has 9 nitrogen and oxygen atoms in total. The largest absolute Gasteiger partial charge is 0.493 e. The predicted molar refractivity (Wildman–Crippen MR) is 151 cm³/mol. The van der Waals surface area contributed by atoms with Gasteiger partial charge in [-0.1, -0.05) is 40.2 Å². The number of thiazole rings is 1. The summed E-state index contributed by atoms with van der Waals surface area (Å²) >= 11 is 7.39. The molecule has 2 aromatic heterocycles. The van der Waals surface area contributed by atoms with Crippen LogP contribution in [0.2, 0.25) is 5.02 Å². The van der Waals surface area contributed by atoms with E-state index in [1.165, 1.54) is 11.3 Å². The van der Waals surface area contributed by atoms with E-state index in [-0.39, 0.29) is 12.5 Å². The molecule has 0 aliphatic heterocycles. The van der Waals surface area contributed by atoms with Crippen LogP contribution >= 0.6 is 22.9 Å². The number of anilines is 1. The van der Waals surface area contributed by atoms with E-state index in [0.717, 1.165) is 26.9 Å². The smallest absolute Gasteiger partial charge is 0.264 e. The number of hydrogen-bond donors (Lipinski definition) is 1. The maximum absolute atomic E-state index is 12.6. The maximum atomic E-state index is 12.6. The Balaban J connectivity index is 1.31. The van der Waals surface area contributed by atoms with Crippen LogP contribution in [0.5, 0.6) is 23.0 Å². The number of fused-ring (bicyclic) bond motifs is 1. The molecule has 0 atom stereocenters. The van der Waals surface area contributed by atoms with Gasteiger partial charge in [0.15, 0.2) is 29.0 Å². The Morgan fingerprint density at radius 3 is 2.41 bits per heavy atom. The van der Waals surface area contributed by atoms with Gasteiger partial charge in [-0.25, -0.2) is 4.98 Å². The molecule has 0 aliphatic rings. The number of benzene rings is 3. The van der Waals surface area contributed by atoms with Gasteiger partial charge in [0.05, 0.1) is 31.5 Å². The van der Waals surface area contributed by atoms with Crippen molar-refractivity contribution in [2.75, 3.05) is 33.3 Å². The lowest BCUT2D eigenvalue weighted by molar-refractivity contribution is -0.118. The van der Waals surface area contributed by atoms with Gasteiger partial charge in [-0.2, -0.15) is 0 Å². The van der Waals surface area contributed by atoms with Crippen molar-refractivity contribution in [1.29, 1.82) is 0 Å². The van der Waals surface area contributed by atoms with Gasteiger partial charge in [-0.3, -0.25) is 10.1 Å². The van der Waals surface area contributed by atoms with Crippen molar-refractivity contribution in [3.05, 3.63) is 65.2 Å². The first kappa shape index (κ1) is 26.3. The number of nitrogens with zero attached hydrogens (tertiary/aromatic N) is 2. The van der Waals surface area contributed by atoms with E-state index in [4.69, 9.17) is 35.1 Å². The topological polar surface area (TPSA) is 105 Å². The summed E-state index contributed by atoms with van der Waals surface area (Å²) in [4.78, 5) is 17.0. The Morgan fingerprint density at radius 2 is 1.69 bits per heavy atom. The standard InChI is InChI=1S/C28H24ClN3O6S/c1-15-5-6-16(22-13-19(32-38-22)17-10-23(34-2)27(36-4)24(11-17)35-3)9-21(15)37-14-26(33)31-28-30-20-12-18(29)7-8-25(20)39-28/h5-13H,14H2,1-4H3,(H,30,31,33). The molecule has 1 N–H and O–H groups in total. The van der Waals surface area contributed by atoms with Crippen LogP contribution < -0.4 is 24.3 Å². The molecule has 0 aliphatic carbocycles. The first-order valence-electron chi connectivity index (χ1n) is 11.8. The average Bonchev–Trinajstić information content (AvgIpc) is 3.58. The van der Waals surface area contributed by atoms with Crippen molar-refractivity contribution < 1.29 is 28.3 Å². The van der Waals surface area contributed by atoms with Crippen LogP contribution in [-0.4, -0.2) is 44.0 Å². The lowest BCUT2D eigenvalue weighted by Gasteiger charge is -2.13. The van der Waals surface area contributed by atoms with Gasteiger partial charge < -0.3 is 23.5 Å². The Morgan fingerprint density at radius 1 is 0.949 bits per heavy atom. The molecule has 3 aromatic carbocycles. The fourth-order valence-electron chi connectivity index (χ4n) is 3.94. The van der Waals surface area contributed by atoms with E-state index in [1.807, 2.05) is 31.2 Å². The van der Waals surface area contributed by atoms with E-state index in [1.54, 1.807) is 51.7 Å². The highest BCUT2D eigenvalue weighted by Crippen LogP contribution is 2.41. The number of methoxy groups -OCH3 is 3. The second-order valence-electron chi connectivity index (χ2n) is 8.44. The fourth-order valence-corrected chi connectivity index (χ4v) is 4.97. The van der Waals surface area contributed by atoms with E-state index in [9.17, 15) is 4.79 Å². The van der Waals surface area contributed by atoms with Crippen LogP contribution in [0.15, 0.2) is 59.1 Å². The molecule has 0 unspecified atom stereocenters. The Hall–Kier alpha value is -4.28. The monoisotopic (exact) mass is 565 g/mol. The van der Waals surface area contributed by atoms with Gasteiger partial charge in [-0.05, 0) is 48.9 Å². The zero-order chi connectivity index (χ0) is 27.5. The van der Waals surface area contributed by atoms with Crippen molar-refractivity contribution in [3.63, 3.8) is 0 Å². The number of nitrogens with one attached hydrogen (secondary N) is 1. The van der Waals surface area contributed by atoms with Crippen LogP contribution in [0.4, 0.5) is 5.13 Å². The Labute approximate surface area is 233 Å². The summed E-state index contributed by atoms with van der Waals surface area (Å²) in [6, 6.07) is 16.4. The summed E-state index contributed by atoms with van der Waals surface area (Å²) < 4.78 is 28.7. The zero-order valence-corrected chi connectivity index (χ0v) is 23.1. The summed E-state index contributed by atoms with van der Waals surface area (Å²) in [6.07, 6.45) is 0. The lowest BCUT2D eigenvalue weighted by Crippen LogP contribution is -2.20. The van der Waals surface area contributed by atoms with E-state index < -0.39 is 0 Å². The molecule has 200 valence electrons. The normalized spacial score (nSPS) is 10.9. The molecule has 0 radical (unpaired) electrons. The summed E-state index contributed by atoms with van der Waals surface area (Å²) in [7, 11) is 4.66. The average molecular weight is 566 g/mol. The minimum Gasteiger partial charge on any atom is -0.493 e. The first-order valence-corrected chi connectivity index (χ1v) is 12.9. The number of carbonyl (C=O) groups excluding carboxylic acids is 1. The van der Waals surface area contributed by atoms with Gasteiger partial charge in [0, 0.05) is 22.2 Å². The van der Waals surface area contributed by atoms with Crippen molar-refractivity contribution in [3.8, 4) is 45.6 Å². The molecule has 39 heavy (non-hydrogen) atoms. The van der Waals surface area contributed by atoms with E-state index in [0.29, 0.717) is 44.6 Å². The first-order chi connectivity index (χ1) is 18.9. The summed E-state index contributed by atoms with van der Waals surface area (Å²) in [5.74, 6) is 2.26. The third kappa shape index (κ3) is 5.62. The number of aromatic nitrogens is 2. The number of carbonyl (C=O) groups is 1. The molecule has 5 aromatic rings. The van der Waals surface area contributed by atoms with Crippen LogP contribution in [0, 0.1) is 6.92 Å². The molecular weight excluding hydrogens is 542 g/mol. The summed E-state index contributed by atoms with van der Waals surface area (Å²) in [5, 5.41) is 8.07. The predicted octanol–water partition coefficient (Wildman–Crippen LogP) is 6.62. The lowest BCUT2D eigenvalue weighted by atomic mass is 10.1. The third-order valence-corrected chi connectivity index (χ3v) is 7.08. The second-order valence-corrected chi connectivity index (χ2v) is 9.91. The quantitative estimate of drug-likeness (QED) is 0.212. The van der Waals surface area contributed by atoms with Crippen molar-refractivity contribution in [1.82, 2.24) is 10.1 Å². The van der Waals surface area contributed by atoms with Crippen LogP contribution in [-0.2, 0) is 4.79 Å². The molecule has 0 saturated heterocycles. The van der Waals surface area contributed by atoms with Crippen LogP contribution in [0.1, 0.15) is 5.56 Å². The minimum atomic E-state index is -0.325. The SMILES string of the molecule is COc1cc(-c2cc(-c3ccc(C)c(OCC(=O)Nc4nc5cc(Cl)ccc5s4)c3)on2)cc(OC)c1OC. The highest BCUT2D eigenvalue weighted by Gasteiger charge is 2.18. The molecule has 11 heteroatoms.